The van der Waals surface area contributed by atoms with Crippen LogP contribution >= 0.6 is 11.8 Å². The van der Waals surface area contributed by atoms with Crippen LogP contribution in [0.5, 0.6) is 0 Å². The standard InChI is InChI=1S/C12H23NO4S2/c1-13-12(11(14)15)6-3-4-10(12)5-7-18-8-9-19(2,16)17/h10,13H,3-9H2,1-2H3,(H,14,15). The summed E-state index contributed by atoms with van der Waals surface area (Å²) < 4.78 is 22.0. The van der Waals surface area contributed by atoms with E-state index in [2.05, 4.69) is 5.32 Å². The van der Waals surface area contributed by atoms with Crippen LogP contribution in [0.2, 0.25) is 0 Å². The van der Waals surface area contributed by atoms with E-state index in [1.807, 2.05) is 0 Å². The SMILES string of the molecule is CNC1(C(=O)O)CCCC1CCSCCS(C)(=O)=O. The molecule has 2 atom stereocenters. The summed E-state index contributed by atoms with van der Waals surface area (Å²) >= 11 is 1.59. The predicted molar refractivity (Wildman–Crippen MR) is 78.4 cm³/mol. The van der Waals surface area contributed by atoms with Gasteiger partial charge in [0.1, 0.15) is 15.4 Å². The van der Waals surface area contributed by atoms with Crippen LogP contribution in [0.25, 0.3) is 0 Å². The van der Waals surface area contributed by atoms with Gasteiger partial charge in [0, 0.05) is 12.0 Å². The van der Waals surface area contributed by atoms with Gasteiger partial charge in [0.2, 0.25) is 0 Å². The Bertz CT molecular complexity index is 410. The number of carboxylic acids is 1. The fourth-order valence-corrected chi connectivity index (χ4v) is 5.06. The molecule has 2 N–H and O–H groups in total. The largest absolute Gasteiger partial charge is 0.480 e. The van der Waals surface area contributed by atoms with E-state index in [4.69, 9.17) is 0 Å². The summed E-state index contributed by atoms with van der Waals surface area (Å²) in [6.45, 7) is 0. The quantitative estimate of drug-likeness (QED) is 0.651. The van der Waals surface area contributed by atoms with Crippen molar-refractivity contribution >= 4 is 27.6 Å². The average Bonchev–Trinajstić information content (AvgIpc) is 2.71. The number of rotatable bonds is 8. The molecule has 0 aromatic carbocycles. The first-order valence-electron chi connectivity index (χ1n) is 6.49. The lowest BCUT2D eigenvalue weighted by molar-refractivity contribution is -0.146. The van der Waals surface area contributed by atoms with Crippen LogP contribution in [0.15, 0.2) is 0 Å². The van der Waals surface area contributed by atoms with Gasteiger partial charge in [-0.25, -0.2) is 8.42 Å². The number of nitrogens with one attached hydrogen (secondary N) is 1. The molecule has 112 valence electrons. The third kappa shape index (κ3) is 4.65. The molecule has 0 amide bonds. The van der Waals surface area contributed by atoms with Crippen molar-refractivity contribution in [3.8, 4) is 0 Å². The molecular formula is C12H23NO4S2. The van der Waals surface area contributed by atoms with Gasteiger partial charge < -0.3 is 10.4 Å². The number of likely N-dealkylation sites (N-methyl/N-ethyl adjacent to an activating group) is 1. The maximum atomic E-state index is 11.4. The van der Waals surface area contributed by atoms with Crippen LogP contribution in [0.1, 0.15) is 25.7 Å². The second-order valence-corrected chi connectivity index (χ2v) is 8.63. The zero-order valence-corrected chi connectivity index (χ0v) is 13.1. The molecule has 1 aliphatic rings. The monoisotopic (exact) mass is 309 g/mol. The van der Waals surface area contributed by atoms with Crippen molar-refractivity contribution in [1.82, 2.24) is 5.32 Å². The number of hydrogen-bond acceptors (Lipinski definition) is 5. The molecule has 0 bridgehead atoms. The first kappa shape index (κ1) is 16.8. The molecule has 0 aliphatic heterocycles. The molecule has 19 heavy (non-hydrogen) atoms. The highest BCUT2D eigenvalue weighted by Gasteiger charge is 2.47. The van der Waals surface area contributed by atoms with Crippen molar-refractivity contribution in [2.45, 2.75) is 31.2 Å². The van der Waals surface area contributed by atoms with Crippen molar-refractivity contribution in [3.05, 3.63) is 0 Å². The van der Waals surface area contributed by atoms with Gasteiger partial charge in [0.15, 0.2) is 0 Å². The predicted octanol–water partition coefficient (Wildman–Crippen LogP) is 0.997. The summed E-state index contributed by atoms with van der Waals surface area (Å²) in [6, 6.07) is 0. The third-order valence-electron chi connectivity index (χ3n) is 3.86. The summed E-state index contributed by atoms with van der Waals surface area (Å²) in [5, 5.41) is 12.4. The van der Waals surface area contributed by atoms with E-state index in [0.717, 1.165) is 25.0 Å². The normalized spacial score (nSPS) is 27.6. The Morgan fingerprint density at radius 3 is 2.68 bits per heavy atom. The minimum absolute atomic E-state index is 0.140. The van der Waals surface area contributed by atoms with E-state index >= 15 is 0 Å². The minimum atomic E-state index is -2.89. The van der Waals surface area contributed by atoms with E-state index < -0.39 is 21.3 Å². The van der Waals surface area contributed by atoms with Crippen LogP contribution < -0.4 is 5.32 Å². The molecule has 2 unspecified atom stereocenters. The number of carboxylic acid groups (broad SMARTS) is 1. The highest BCUT2D eigenvalue weighted by molar-refractivity contribution is 8.00. The Hall–Kier alpha value is -0.270. The van der Waals surface area contributed by atoms with Crippen LogP contribution in [0.4, 0.5) is 0 Å². The van der Waals surface area contributed by atoms with Crippen molar-refractivity contribution in [1.29, 1.82) is 0 Å². The van der Waals surface area contributed by atoms with E-state index in [0.29, 0.717) is 12.2 Å². The number of thioether (sulfide) groups is 1. The molecule has 0 aromatic rings. The van der Waals surface area contributed by atoms with Crippen LogP contribution in [-0.4, -0.2) is 55.6 Å². The maximum Gasteiger partial charge on any atom is 0.324 e. The second kappa shape index (κ2) is 6.95. The number of hydrogen-bond donors (Lipinski definition) is 2. The smallest absolute Gasteiger partial charge is 0.324 e. The van der Waals surface area contributed by atoms with Gasteiger partial charge in [-0.05, 0) is 38.0 Å². The van der Waals surface area contributed by atoms with Crippen molar-refractivity contribution in [3.63, 3.8) is 0 Å². The lowest BCUT2D eigenvalue weighted by Crippen LogP contribution is -2.53. The lowest BCUT2D eigenvalue weighted by atomic mass is 9.85. The molecule has 1 saturated carbocycles. The van der Waals surface area contributed by atoms with Crippen LogP contribution in [0, 0.1) is 5.92 Å². The Labute approximate surface area is 119 Å². The molecule has 0 radical (unpaired) electrons. The molecule has 1 rings (SSSR count). The van der Waals surface area contributed by atoms with E-state index in [1.54, 1.807) is 18.8 Å². The van der Waals surface area contributed by atoms with Gasteiger partial charge >= 0.3 is 5.97 Å². The van der Waals surface area contributed by atoms with Gasteiger partial charge in [-0.3, -0.25) is 4.79 Å². The molecule has 0 spiro atoms. The average molecular weight is 309 g/mol. The van der Waals surface area contributed by atoms with Gasteiger partial charge in [-0.1, -0.05) is 6.42 Å². The van der Waals surface area contributed by atoms with Crippen molar-refractivity contribution in [2.24, 2.45) is 5.92 Å². The minimum Gasteiger partial charge on any atom is -0.480 e. The third-order valence-corrected chi connectivity index (χ3v) is 6.08. The van der Waals surface area contributed by atoms with Crippen molar-refractivity contribution < 1.29 is 18.3 Å². The molecular weight excluding hydrogens is 286 g/mol. The van der Waals surface area contributed by atoms with E-state index in [1.165, 1.54) is 6.26 Å². The molecule has 0 saturated heterocycles. The van der Waals surface area contributed by atoms with Gasteiger partial charge in [-0.15, -0.1) is 0 Å². The lowest BCUT2D eigenvalue weighted by Gasteiger charge is -2.30. The molecule has 7 heteroatoms. The molecule has 0 heterocycles. The number of carbonyl (C=O) groups is 1. The van der Waals surface area contributed by atoms with Gasteiger partial charge in [0.25, 0.3) is 0 Å². The zero-order chi connectivity index (χ0) is 14.5. The second-order valence-electron chi connectivity index (χ2n) is 5.15. The zero-order valence-electron chi connectivity index (χ0n) is 11.5. The summed E-state index contributed by atoms with van der Waals surface area (Å²) in [4.78, 5) is 11.4. The van der Waals surface area contributed by atoms with Gasteiger partial charge in [-0.2, -0.15) is 11.8 Å². The number of sulfone groups is 1. The summed E-state index contributed by atoms with van der Waals surface area (Å²) in [6.07, 6.45) is 4.60. The number of aliphatic carboxylic acids is 1. The first-order chi connectivity index (χ1) is 8.82. The van der Waals surface area contributed by atoms with Crippen molar-refractivity contribution in [2.75, 3.05) is 30.6 Å². The molecule has 0 aromatic heterocycles. The summed E-state index contributed by atoms with van der Waals surface area (Å²) in [7, 11) is -1.18. The Balaban J connectivity index is 2.38. The maximum absolute atomic E-state index is 11.4. The van der Waals surface area contributed by atoms with E-state index in [9.17, 15) is 18.3 Å². The fourth-order valence-electron chi connectivity index (χ4n) is 2.72. The summed E-state index contributed by atoms with van der Waals surface area (Å²) in [5.74, 6) is 0.972. The van der Waals surface area contributed by atoms with Crippen LogP contribution in [-0.2, 0) is 14.6 Å². The summed E-state index contributed by atoms with van der Waals surface area (Å²) in [5.41, 5.74) is -0.780. The molecule has 1 fully saturated rings. The van der Waals surface area contributed by atoms with Crippen LogP contribution in [0.3, 0.4) is 0 Å². The van der Waals surface area contributed by atoms with Gasteiger partial charge in [0.05, 0.1) is 5.75 Å². The fraction of sp³-hybridized carbons (Fsp3) is 0.917. The Morgan fingerprint density at radius 2 is 2.16 bits per heavy atom. The Kier molecular flexibility index (Phi) is 6.14. The topological polar surface area (TPSA) is 83.5 Å². The Morgan fingerprint density at radius 1 is 1.47 bits per heavy atom. The highest BCUT2D eigenvalue weighted by Crippen LogP contribution is 2.38. The van der Waals surface area contributed by atoms with E-state index in [-0.39, 0.29) is 11.7 Å². The molecule has 5 nitrogen and oxygen atoms in total. The molecule has 1 aliphatic carbocycles. The highest BCUT2D eigenvalue weighted by atomic mass is 32.2. The first-order valence-corrected chi connectivity index (χ1v) is 9.71.